The summed E-state index contributed by atoms with van der Waals surface area (Å²) in [5.74, 6) is -1.21. The number of anilines is 1. The first-order valence-corrected chi connectivity index (χ1v) is 4.05. The molecule has 1 aromatic rings. The third-order valence-corrected chi connectivity index (χ3v) is 1.63. The van der Waals surface area contributed by atoms with Crippen LogP contribution in [-0.4, -0.2) is 17.1 Å². The van der Waals surface area contributed by atoms with Crippen LogP contribution in [-0.2, 0) is 4.79 Å². The van der Waals surface area contributed by atoms with Gasteiger partial charge in [0.05, 0.1) is 11.7 Å². The maximum absolute atomic E-state index is 12.7. The second kappa shape index (κ2) is 4.06. The molecule has 0 radical (unpaired) electrons. The Morgan fingerprint density at radius 2 is 2.29 bits per heavy atom. The van der Waals surface area contributed by atoms with Crippen molar-refractivity contribution in [1.82, 2.24) is 0 Å². The number of aromatic hydroxyl groups is 1. The van der Waals surface area contributed by atoms with Crippen molar-refractivity contribution in [3.05, 3.63) is 24.0 Å². The first-order chi connectivity index (χ1) is 6.50. The van der Waals surface area contributed by atoms with Gasteiger partial charge in [-0.1, -0.05) is 0 Å². The highest BCUT2D eigenvalue weighted by atomic mass is 19.1. The van der Waals surface area contributed by atoms with Crippen LogP contribution in [0.4, 0.5) is 10.1 Å². The van der Waals surface area contributed by atoms with Crippen molar-refractivity contribution in [3.63, 3.8) is 0 Å². The molecule has 0 saturated carbocycles. The highest BCUT2D eigenvalue weighted by molar-refractivity contribution is 5.95. The number of hydrogen-bond acceptors (Lipinski definition) is 3. The van der Waals surface area contributed by atoms with Gasteiger partial charge in [0.1, 0.15) is 11.6 Å². The third-order valence-electron chi connectivity index (χ3n) is 1.63. The van der Waals surface area contributed by atoms with E-state index in [0.29, 0.717) is 0 Å². The van der Waals surface area contributed by atoms with E-state index in [2.05, 4.69) is 5.32 Å². The van der Waals surface area contributed by atoms with Crippen molar-refractivity contribution in [2.45, 2.75) is 13.0 Å². The molecule has 0 saturated heterocycles. The zero-order chi connectivity index (χ0) is 10.7. The van der Waals surface area contributed by atoms with Gasteiger partial charge in [-0.2, -0.15) is 0 Å². The third kappa shape index (κ3) is 2.43. The predicted molar refractivity (Wildman–Crippen MR) is 50.3 cm³/mol. The first kappa shape index (κ1) is 10.5. The lowest BCUT2D eigenvalue weighted by Gasteiger charge is -2.08. The Balaban J connectivity index is 2.86. The fourth-order valence-corrected chi connectivity index (χ4v) is 0.855. The van der Waals surface area contributed by atoms with E-state index < -0.39 is 17.8 Å². The van der Waals surface area contributed by atoms with E-state index in [1.54, 1.807) is 0 Å². The molecule has 76 valence electrons. The average molecular weight is 198 g/mol. The quantitative estimate of drug-likeness (QED) is 0.616. The average Bonchev–Trinajstić information content (AvgIpc) is 2.11. The topological polar surface area (TPSA) is 75.4 Å². The zero-order valence-corrected chi connectivity index (χ0v) is 7.62. The van der Waals surface area contributed by atoms with Crippen LogP contribution < -0.4 is 11.1 Å². The Kier molecular flexibility index (Phi) is 3.03. The summed E-state index contributed by atoms with van der Waals surface area (Å²) < 4.78 is 12.7. The van der Waals surface area contributed by atoms with Crippen LogP contribution in [0.3, 0.4) is 0 Å². The summed E-state index contributed by atoms with van der Waals surface area (Å²) in [4.78, 5) is 11.1. The zero-order valence-electron chi connectivity index (χ0n) is 7.62. The molecule has 4 nitrogen and oxygen atoms in total. The molecule has 0 aliphatic carbocycles. The normalized spacial score (nSPS) is 12.2. The van der Waals surface area contributed by atoms with Crippen molar-refractivity contribution < 1.29 is 14.3 Å². The van der Waals surface area contributed by atoms with Gasteiger partial charge in [0.15, 0.2) is 0 Å². The molecular formula is C9H11FN2O2. The van der Waals surface area contributed by atoms with Crippen molar-refractivity contribution in [2.75, 3.05) is 5.32 Å². The number of hydrogen-bond donors (Lipinski definition) is 3. The van der Waals surface area contributed by atoms with E-state index >= 15 is 0 Å². The van der Waals surface area contributed by atoms with E-state index in [-0.39, 0.29) is 11.4 Å². The highest BCUT2D eigenvalue weighted by Crippen LogP contribution is 2.23. The number of phenolic OH excluding ortho intramolecular Hbond substituents is 1. The molecule has 5 heteroatoms. The largest absolute Gasteiger partial charge is 0.506 e. The summed E-state index contributed by atoms with van der Waals surface area (Å²) in [6.07, 6.45) is 0. The van der Waals surface area contributed by atoms with Crippen molar-refractivity contribution in [3.8, 4) is 5.75 Å². The van der Waals surface area contributed by atoms with Crippen LogP contribution in [0.5, 0.6) is 5.75 Å². The van der Waals surface area contributed by atoms with E-state index in [1.165, 1.54) is 6.92 Å². The molecule has 0 spiro atoms. The number of amides is 1. The molecule has 0 aromatic heterocycles. The van der Waals surface area contributed by atoms with Crippen LogP contribution in [0.15, 0.2) is 18.2 Å². The Bertz CT molecular complexity index is 353. The number of benzene rings is 1. The summed E-state index contributed by atoms with van der Waals surface area (Å²) in [5.41, 5.74) is 5.31. The minimum atomic E-state index is -0.710. The van der Waals surface area contributed by atoms with Gasteiger partial charge in [-0.05, 0) is 19.1 Å². The molecule has 4 N–H and O–H groups in total. The Morgan fingerprint density at radius 3 is 2.86 bits per heavy atom. The summed E-state index contributed by atoms with van der Waals surface area (Å²) in [5, 5.41) is 11.5. The molecule has 1 atom stereocenters. The van der Waals surface area contributed by atoms with Crippen LogP contribution in [0.2, 0.25) is 0 Å². The molecule has 0 fully saturated rings. The predicted octanol–water partition coefficient (Wildman–Crippen LogP) is 0.817. The molecule has 1 aromatic carbocycles. The molecule has 0 aliphatic heterocycles. The maximum Gasteiger partial charge on any atom is 0.241 e. The molecule has 1 amide bonds. The van der Waals surface area contributed by atoms with Gasteiger partial charge in [0.2, 0.25) is 5.91 Å². The number of carbonyl (C=O) groups excluding carboxylic acids is 1. The van der Waals surface area contributed by atoms with Gasteiger partial charge >= 0.3 is 0 Å². The molecular weight excluding hydrogens is 187 g/mol. The minimum absolute atomic E-state index is 0.0206. The van der Waals surface area contributed by atoms with Crippen molar-refractivity contribution >= 4 is 11.6 Å². The van der Waals surface area contributed by atoms with Gasteiger partial charge in [-0.3, -0.25) is 4.79 Å². The number of rotatable bonds is 2. The summed E-state index contributed by atoms with van der Waals surface area (Å²) in [7, 11) is 0. The van der Waals surface area contributed by atoms with E-state index in [4.69, 9.17) is 5.73 Å². The lowest BCUT2D eigenvalue weighted by atomic mass is 10.2. The van der Waals surface area contributed by atoms with Crippen LogP contribution in [0, 0.1) is 5.82 Å². The fourth-order valence-electron chi connectivity index (χ4n) is 0.855. The Labute approximate surface area is 80.5 Å². The number of nitrogens with one attached hydrogen (secondary N) is 1. The SMILES string of the molecule is CC(N)C(=O)Nc1cc(F)ccc1O. The van der Waals surface area contributed by atoms with Gasteiger partial charge in [-0.15, -0.1) is 0 Å². The number of carbonyl (C=O) groups is 1. The van der Waals surface area contributed by atoms with Crippen LogP contribution in [0.25, 0.3) is 0 Å². The molecule has 0 heterocycles. The van der Waals surface area contributed by atoms with Crippen molar-refractivity contribution in [1.29, 1.82) is 0 Å². The fraction of sp³-hybridized carbons (Fsp3) is 0.222. The summed E-state index contributed by atoms with van der Waals surface area (Å²) >= 11 is 0. The summed E-state index contributed by atoms with van der Waals surface area (Å²) in [6.45, 7) is 1.49. The van der Waals surface area contributed by atoms with E-state index in [0.717, 1.165) is 18.2 Å². The molecule has 0 aliphatic rings. The monoisotopic (exact) mass is 198 g/mol. The van der Waals surface area contributed by atoms with Gasteiger partial charge < -0.3 is 16.2 Å². The van der Waals surface area contributed by atoms with Crippen LogP contribution >= 0.6 is 0 Å². The number of halogens is 1. The summed E-state index contributed by atoms with van der Waals surface area (Å²) in [6, 6.07) is 2.57. The second-order valence-electron chi connectivity index (χ2n) is 2.94. The first-order valence-electron chi connectivity index (χ1n) is 4.05. The van der Waals surface area contributed by atoms with Gasteiger partial charge in [0.25, 0.3) is 0 Å². The molecule has 1 rings (SSSR count). The molecule has 14 heavy (non-hydrogen) atoms. The lowest BCUT2D eigenvalue weighted by Crippen LogP contribution is -2.32. The van der Waals surface area contributed by atoms with Gasteiger partial charge in [-0.25, -0.2) is 4.39 Å². The standard InChI is InChI=1S/C9H11FN2O2/c1-5(11)9(14)12-7-4-6(10)2-3-8(7)13/h2-5,13H,11H2,1H3,(H,12,14). The maximum atomic E-state index is 12.7. The van der Waals surface area contributed by atoms with Gasteiger partial charge in [0, 0.05) is 6.07 Å². The number of phenols is 1. The van der Waals surface area contributed by atoms with Crippen molar-refractivity contribution in [2.24, 2.45) is 5.73 Å². The Morgan fingerprint density at radius 1 is 1.64 bits per heavy atom. The smallest absolute Gasteiger partial charge is 0.241 e. The van der Waals surface area contributed by atoms with Crippen LogP contribution in [0.1, 0.15) is 6.92 Å². The highest BCUT2D eigenvalue weighted by Gasteiger charge is 2.10. The molecule has 1 unspecified atom stereocenters. The van der Waals surface area contributed by atoms with E-state index in [9.17, 15) is 14.3 Å². The molecule has 0 bridgehead atoms. The minimum Gasteiger partial charge on any atom is -0.506 e. The number of nitrogens with two attached hydrogens (primary N) is 1. The lowest BCUT2D eigenvalue weighted by molar-refractivity contribution is -0.117. The van der Waals surface area contributed by atoms with E-state index in [1.807, 2.05) is 0 Å². The second-order valence-corrected chi connectivity index (χ2v) is 2.94. The Hall–Kier alpha value is -1.62.